The zero-order chi connectivity index (χ0) is 16.6. The zero-order valence-electron chi connectivity index (χ0n) is 12.5. The number of sulfonamides is 1. The van der Waals surface area contributed by atoms with Crippen LogP contribution >= 0.6 is 0 Å². The Labute approximate surface area is 134 Å². The summed E-state index contributed by atoms with van der Waals surface area (Å²) < 4.78 is 25.9. The summed E-state index contributed by atoms with van der Waals surface area (Å²) >= 11 is 0. The number of aliphatic hydroxyl groups is 1. The summed E-state index contributed by atoms with van der Waals surface area (Å²) in [6.45, 7) is 0.257. The number of fused-ring (bicyclic) bond motifs is 1. The number of carbonyl (C=O) groups is 2. The normalized spacial score (nSPS) is 22.5. The number of benzene rings is 1. The standard InChI is InChI=1S/C15H18N2O5S/c18-11-4-3-7-16(10-11)23(21,22)9-8-17-14(19)12-5-1-2-6-13(12)15(17)20/h1-2,5-6,11,18H,3-4,7-10H2. The van der Waals surface area contributed by atoms with Crippen LogP contribution in [-0.4, -0.2) is 66.0 Å². The number of carbonyl (C=O) groups excluding carboxylic acids is 2. The average Bonchev–Trinajstić information content (AvgIpc) is 2.77. The Balaban J connectivity index is 1.69. The van der Waals surface area contributed by atoms with Gasteiger partial charge < -0.3 is 5.11 Å². The van der Waals surface area contributed by atoms with E-state index in [2.05, 4.69) is 0 Å². The highest BCUT2D eigenvalue weighted by atomic mass is 32.2. The third-order valence-corrected chi connectivity index (χ3v) is 6.02. The molecule has 8 heteroatoms. The van der Waals surface area contributed by atoms with Crippen molar-refractivity contribution in [1.29, 1.82) is 0 Å². The Bertz CT molecular complexity index is 711. The van der Waals surface area contributed by atoms with E-state index in [1.54, 1.807) is 24.3 Å². The van der Waals surface area contributed by atoms with Gasteiger partial charge in [0.1, 0.15) is 0 Å². The number of β-amino-alcohol motifs (C(OH)–C–C–N with tert-alkyl or cyclic N) is 1. The lowest BCUT2D eigenvalue weighted by Gasteiger charge is -2.29. The van der Waals surface area contributed by atoms with Gasteiger partial charge in [0.25, 0.3) is 11.8 Å². The number of aliphatic hydroxyl groups excluding tert-OH is 1. The van der Waals surface area contributed by atoms with Crippen molar-refractivity contribution in [3.8, 4) is 0 Å². The van der Waals surface area contributed by atoms with Crippen molar-refractivity contribution in [2.75, 3.05) is 25.4 Å². The Hall–Kier alpha value is -1.77. The first-order valence-corrected chi connectivity index (χ1v) is 9.12. The molecule has 3 rings (SSSR count). The van der Waals surface area contributed by atoms with Gasteiger partial charge in [0.2, 0.25) is 10.0 Å². The molecule has 1 unspecified atom stereocenters. The summed E-state index contributed by atoms with van der Waals surface area (Å²) in [4.78, 5) is 25.4. The van der Waals surface area contributed by atoms with E-state index in [1.165, 1.54) is 4.31 Å². The molecule has 1 fully saturated rings. The largest absolute Gasteiger partial charge is 0.392 e. The third-order valence-electron chi connectivity index (χ3n) is 4.20. The lowest BCUT2D eigenvalue weighted by Crippen LogP contribution is -2.45. The highest BCUT2D eigenvalue weighted by Gasteiger charge is 2.36. The van der Waals surface area contributed by atoms with Crippen LogP contribution in [0.2, 0.25) is 0 Å². The van der Waals surface area contributed by atoms with Gasteiger partial charge in [-0.25, -0.2) is 8.42 Å². The molecule has 1 aromatic rings. The van der Waals surface area contributed by atoms with Gasteiger partial charge in [-0.1, -0.05) is 12.1 Å². The van der Waals surface area contributed by atoms with Crippen LogP contribution < -0.4 is 0 Å². The lowest BCUT2D eigenvalue weighted by atomic mass is 10.1. The van der Waals surface area contributed by atoms with Crippen molar-refractivity contribution in [3.05, 3.63) is 35.4 Å². The molecule has 7 nitrogen and oxygen atoms in total. The van der Waals surface area contributed by atoms with E-state index in [0.29, 0.717) is 30.5 Å². The van der Waals surface area contributed by atoms with Crippen LogP contribution in [0.1, 0.15) is 33.6 Å². The first-order valence-electron chi connectivity index (χ1n) is 7.51. The average molecular weight is 338 g/mol. The van der Waals surface area contributed by atoms with E-state index in [0.717, 1.165) is 4.90 Å². The Morgan fingerprint density at radius 3 is 2.30 bits per heavy atom. The fourth-order valence-electron chi connectivity index (χ4n) is 2.95. The summed E-state index contributed by atoms with van der Waals surface area (Å²) in [6.07, 6.45) is 0.538. The molecule has 0 bridgehead atoms. The van der Waals surface area contributed by atoms with Crippen LogP contribution in [0, 0.1) is 0 Å². The van der Waals surface area contributed by atoms with E-state index in [4.69, 9.17) is 0 Å². The van der Waals surface area contributed by atoms with Gasteiger partial charge in [-0.15, -0.1) is 0 Å². The van der Waals surface area contributed by atoms with E-state index >= 15 is 0 Å². The summed E-state index contributed by atoms with van der Waals surface area (Å²) in [7, 11) is -3.61. The van der Waals surface area contributed by atoms with Gasteiger partial charge in [-0.3, -0.25) is 14.5 Å². The Morgan fingerprint density at radius 1 is 1.13 bits per heavy atom. The first-order chi connectivity index (χ1) is 10.9. The van der Waals surface area contributed by atoms with Crippen LogP contribution in [0.15, 0.2) is 24.3 Å². The minimum Gasteiger partial charge on any atom is -0.392 e. The van der Waals surface area contributed by atoms with Crippen molar-refractivity contribution >= 4 is 21.8 Å². The smallest absolute Gasteiger partial charge is 0.261 e. The van der Waals surface area contributed by atoms with Gasteiger partial charge in [-0.2, -0.15) is 4.31 Å². The molecule has 2 aliphatic heterocycles. The van der Waals surface area contributed by atoms with Crippen molar-refractivity contribution in [3.63, 3.8) is 0 Å². The molecular weight excluding hydrogens is 320 g/mol. The molecule has 2 amide bonds. The number of piperidine rings is 1. The topological polar surface area (TPSA) is 95.0 Å². The van der Waals surface area contributed by atoms with Gasteiger partial charge in [0.05, 0.1) is 23.0 Å². The maximum atomic E-state index is 12.3. The van der Waals surface area contributed by atoms with Crippen molar-refractivity contribution < 1.29 is 23.1 Å². The number of hydrogen-bond donors (Lipinski definition) is 1. The molecule has 2 heterocycles. The quantitative estimate of drug-likeness (QED) is 0.784. The van der Waals surface area contributed by atoms with E-state index in [1.807, 2.05) is 0 Å². The molecular formula is C15H18N2O5S. The number of rotatable bonds is 4. The SMILES string of the molecule is O=C1c2ccccc2C(=O)N1CCS(=O)(=O)N1CCCC(O)C1. The summed E-state index contributed by atoms with van der Waals surface area (Å²) in [6, 6.07) is 6.45. The van der Waals surface area contributed by atoms with Crippen LogP contribution in [0.5, 0.6) is 0 Å². The third kappa shape index (κ3) is 3.01. The Kier molecular flexibility index (Phi) is 4.22. The van der Waals surface area contributed by atoms with Gasteiger partial charge in [0, 0.05) is 19.6 Å². The molecule has 23 heavy (non-hydrogen) atoms. The minimum absolute atomic E-state index is 0.0739. The summed E-state index contributed by atoms with van der Waals surface area (Å²) in [5, 5.41) is 9.60. The van der Waals surface area contributed by atoms with Crippen LogP contribution in [-0.2, 0) is 10.0 Å². The lowest BCUT2D eigenvalue weighted by molar-refractivity contribution is 0.0662. The number of hydrogen-bond acceptors (Lipinski definition) is 5. The van der Waals surface area contributed by atoms with Crippen molar-refractivity contribution in [1.82, 2.24) is 9.21 Å². The van der Waals surface area contributed by atoms with E-state index in [9.17, 15) is 23.1 Å². The number of nitrogens with zero attached hydrogens (tertiary/aromatic N) is 2. The van der Waals surface area contributed by atoms with Crippen molar-refractivity contribution in [2.45, 2.75) is 18.9 Å². The van der Waals surface area contributed by atoms with Gasteiger partial charge >= 0.3 is 0 Å². The molecule has 0 spiro atoms. The van der Waals surface area contributed by atoms with Gasteiger partial charge in [-0.05, 0) is 25.0 Å². The molecule has 1 N–H and O–H groups in total. The van der Waals surface area contributed by atoms with Gasteiger partial charge in [0.15, 0.2) is 0 Å². The first kappa shape index (κ1) is 16.1. The molecule has 1 saturated heterocycles. The molecule has 0 saturated carbocycles. The zero-order valence-corrected chi connectivity index (χ0v) is 13.3. The van der Waals surface area contributed by atoms with Crippen LogP contribution in [0.4, 0.5) is 0 Å². The highest BCUT2D eigenvalue weighted by Crippen LogP contribution is 2.22. The van der Waals surface area contributed by atoms with Crippen LogP contribution in [0.25, 0.3) is 0 Å². The molecule has 1 atom stereocenters. The predicted octanol–water partition coefficient (Wildman–Crippen LogP) is 0.0691. The second-order valence-corrected chi connectivity index (χ2v) is 7.87. The second-order valence-electron chi connectivity index (χ2n) is 5.78. The van der Waals surface area contributed by atoms with E-state index < -0.39 is 27.9 Å². The molecule has 124 valence electrons. The van der Waals surface area contributed by atoms with Crippen molar-refractivity contribution in [2.24, 2.45) is 0 Å². The molecule has 0 radical (unpaired) electrons. The maximum Gasteiger partial charge on any atom is 0.261 e. The molecule has 2 aliphatic rings. The van der Waals surface area contributed by atoms with E-state index in [-0.39, 0.29) is 18.8 Å². The molecule has 0 aromatic heterocycles. The highest BCUT2D eigenvalue weighted by molar-refractivity contribution is 7.89. The van der Waals surface area contributed by atoms with Crippen LogP contribution in [0.3, 0.4) is 0 Å². The molecule has 1 aromatic carbocycles. The Morgan fingerprint density at radius 2 is 1.74 bits per heavy atom. The second kappa shape index (κ2) is 6.03. The summed E-state index contributed by atoms with van der Waals surface area (Å²) in [5.74, 6) is -1.25. The fraction of sp³-hybridized carbons (Fsp3) is 0.467. The maximum absolute atomic E-state index is 12.3. The number of amides is 2. The fourth-order valence-corrected chi connectivity index (χ4v) is 4.43. The predicted molar refractivity (Wildman–Crippen MR) is 82.4 cm³/mol. The number of imide groups is 1. The minimum atomic E-state index is -3.61. The molecule has 0 aliphatic carbocycles. The summed E-state index contributed by atoms with van der Waals surface area (Å²) in [5.41, 5.74) is 0.617. The monoisotopic (exact) mass is 338 g/mol.